The van der Waals surface area contributed by atoms with Crippen molar-refractivity contribution in [3.05, 3.63) is 72.8 Å². The Labute approximate surface area is 326 Å². The zero-order valence-electron chi connectivity index (χ0n) is 28.0. The Bertz CT molecular complexity index is 2040. The second-order valence-corrected chi connectivity index (χ2v) is 12.3. The first-order valence-electron chi connectivity index (χ1n) is 15.7. The van der Waals surface area contributed by atoms with E-state index < -0.39 is 0 Å². The van der Waals surface area contributed by atoms with Gasteiger partial charge in [-0.05, 0) is 69.8 Å². The van der Waals surface area contributed by atoms with Gasteiger partial charge in [-0.15, -0.1) is 49.2 Å². The molecule has 0 bridgehead atoms. The van der Waals surface area contributed by atoms with Gasteiger partial charge in [-0.3, -0.25) is 0 Å². The number of hydrogen-bond acceptors (Lipinski definition) is 1. The lowest BCUT2D eigenvalue weighted by Crippen LogP contribution is -2.55. The van der Waals surface area contributed by atoms with Crippen LogP contribution in [0.1, 0.15) is 0 Å². The van der Waals surface area contributed by atoms with Gasteiger partial charge in [0.1, 0.15) is 118 Å². The van der Waals surface area contributed by atoms with Crippen molar-refractivity contribution in [3.8, 4) is 33.4 Å². The normalized spacial score (nSPS) is 11.1. The van der Waals surface area contributed by atoms with E-state index in [0.29, 0.717) is 33.4 Å². The fourth-order valence-electron chi connectivity index (χ4n) is 6.26. The fraction of sp³-hybridized carbons (Fsp3) is 0. The summed E-state index contributed by atoms with van der Waals surface area (Å²) in [6, 6.07) is 22.5. The molecular weight excluding hydrogens is 609 g/mol. The summed E-state index contributed by atoms with van der Waals surface area (Å²) in [5, 5.41) is 0. The SMILES string of the molecule is [B]c1c([B])c([B])c(-c2ccc(N(c3ccc(-c4c([B])c([B])c([B])c([B])c4[B])cc3)c3ccc(-c4c([B])c([B])c([B])c([B])c4[B])cc3)cc2)c([B])c1[B]. The van der Waals surface area contributed by atoms with Crippen molar-refractivity contribution in [2.24, 2.45) is 0 Å². The van der Waals surface area contributed by atoms with Crippen LogP contribution in [0.5, 0.6) is 0 Å². The van der Waals surface area contributed by atoms with Crippen LogP contribution in [0.3, 0.4) is 0 Å². The van der Waals surface area contributed by atoms with E-state index in [4.69, 9.17) is 118 Å². The molecule has 0 aliphatic heterocycles. The van der Waals surface area contributed by atoms with Gasteiger partial charge in [-0.2, -0.15) is 0 Å². The minimum atomic E-state index is 0.133. The molecule has 0 atom stereocenters. The van der Waals surface area contributed by atoms with Gasteiger partial charge in [0.25, 0.3) is 0 Å². The first-order chi connectivity index (χ1) is 24.6. The van der Waals surface area contributed by atoms with Crippen molar-refractivity contribution in [3.63, 3.8) is 0 Å². The molecule has 0 saturated carbocycles. The Hall–Kier alpha value is -3.91. The summed E-state index contributed by atoms with van der Waals surface area (Å²) in [4.78, 5) is 2.01. The lowest BCUT2D eigenvalue weighted by atomic mass is 9.59. The van der Waals surface area contributed by atoms with Crippen LogP contribution < -0.4 is 86.8 Å². The molecule has 0 aliphatic rings. The lowest BCUT2D eigenvalue weighted by molar-refractivity contribution is 1.28. The predicted octanol–water partition coefficient (Wildman–Crippen LogP) is -7.94. The third kappa shape index (κ3) is 6.29. The van der Waals surface area contributed by atoms with Gasteiger partial charge in [-0.1, -0.05) is 69.2 Å². The first-order valence-corrected chi connectivity index (χ1v) is 15.7. The molecule has 16 heteroatoms. The summed E-state index contributed by atoms with van der Waals surface area (Å²) in [5.41, 5.74) is 8.45. The third-order valence-corrected chi connectivity index (χ3v) is 9.34. The predicted molar refractivity (Wildman–Crippen MR) is 238 cm³/mol. The molecule has 206 valence electrons. The van der Waals surface area contributed by atoms with E-state index in [-0.39, 0.29) is 81.9 Å². The van der Waals surface area contributed by atoms with Crippen molar-refractivity contribution in [2.75, 3.05) is 4.90 Å². The maximum absolute atomic E-state index is 6.35. The summed E-state index contributed by atoms with van der Waals surface area (Å²) >= 11 is 0. The van der Waals surface area contributed by atoms with Crippen LogP contribution >= 0.6 is 0 Å². The van der Waals surface area contributed by atoms with Gasteiger partial charge in [0.2, 0.25) is 0 Å². The first kappa shape index (κ1) is 37.8. The van der Waals surface area contributed by atoms with E-state index in [1.54, 1.807) is 0 Å². The van der Waals surface area contributed by atoms with Crippen molar-refractivity contribution in [2.45, 2.75) is 0 Å². The topological polar surface area (TPSA) is 3.24 Å². The van der Waals surface area contributed by atoms with Crippen LogP contribution in [-0.4, -0.2) is 118 Å². The Balaban J connectivity index is 1.48. The van der Waals surface area contributed by atoms with Gasteiger partial charge in [0, 0.05) is 17.1 Å². The van der Waals surface area contributed by atoms with Crippen molar-refractivity contribution in [1.82, 2.24) is 0 Å². The van der Waals surface area contributed by atoms with Gasteiger partial charge < -0.3 is 4.90 Å². The molecule has 0 heterocycles. The van der Waals surface area contributed by atoms with E-state index in [2.05, 4.69) is 0 Å². The quantitative estimate of drug-likeness (QED) is 0.168. The summed E-state index contributed by atoms with van der Waals surface area (Å²) in [6.45, 7) is 0. The Morgan fingerprint density at radius 1 is 0.212 bits per heavy atom. The average molecular weight is 621 g/mol. The van der Waals surface area contributed by atoms with Crippen LogP contribution in [0.15, 0.2) is 72.8 Å². The standard InChI is InChI=1S/C36H12B15N/c37-22-19(23(38)29(44)34(49)28(22)43)13-1-7-16(8-2-13)52(17-9-3-14(4-10-17)20-24(39)30(45)35(50)31(46)25(20)40)18-11-5-15(6-12-18)21-26(41)32(47)36(51)33(48)27(21)42/h1-12H. The smallest absolute Gasteiger partial charge is 0.113 e. The minimum Gasteiger partial charge on any atom is -0.311 e. The van der Waals surface area contributed by atoms with Gasteiger partial charge in [-0.25, -0.2) is 0 Å². The van der Waals surface area contributed by atoms with Crippen LogP contribution in [-0.2, 0) is 0 Å². The van der Waals surface area contributed by atoms with E-state index in [0.717, 1.165) is 17.1 Å². The van der Waals surface area contributed by atoms with E-state index in [9.17, 15) is 0 Å². The number of hydrogen-bond donors (Lipinski definition) is 0. The zero-order chi connectivity index (χ0) is 37.9. The minimum absolute atomic E-state index is 0.133. The summed E-state index contributed by atoms with van der Waals surface area (Å²) in [5.74, 6) is 0. The second-order valence-electron chi connectivity index (χ2n) is 12.3. The van der Waals surface area contributed by atoms with Crippen LogP contribution in [0.4, 0.5) is 17.1 Å². The Morgan fingerprint density at radius 2 is 0.365 bits per heavy atom. The Kier molecular flexibility index (Phi) is 10.5. The van der Waals surface area contributed by atoms with Crippen LogP contribution in [0.25, 0.3) is 33.4 Å². The molecule has 6 aromatic carbocycles. The molecule has 0 fully saturated rings. The van der Waals surface area contributed by atoms with Gasteiger partial charge in [0.15, 0.2) is 0 Å². The summed E-state index contributed by atoms with van der Waals surface area (Å²) in [6.07, 6.45) is 0. The molecule has 30 radical (unpaired) electrons. The van der Waals surface area contributed by atoms with E-state index in [1.165, 1.54) is 0 Å². The second kappa shape index (κ2) is 14.5. The molecular formula is C36H12B15N. The molecule has 0 aromatic heterocycles. The number of benzene rings is 6. The van der Waals surface area contributed by atoms with Crippen molar-refractivity contribution >= 4 is 217 Å². The maximum atomic E-state index is 6.35. The number of rotatable bonds is 6. The molecule has 1 nitrogen and oxygen atoms in total. The highest BCUT2D eigenvalue weighted by atomic mass is 15.1. The maximum Gasteiger partial charge on any atom is 0.113 e. The fourth-order valence-corrected chi connectivity index (χ4v) is 6.26. The third-order valence-electron chi connectivity index (χ3n) is 9.34. The summed E-state index contributed by atoms with van der Waals surface area (Å²) < 4.78 is 0. The highest BCUT2D eigenvalue weighted by Crippen LogP contribution is 2.37. The molecule has 0 amide bonds. The summed E-state index contributed by atoms with van der Waals surface area (Å²) in [7, 11) is 93.1. The van der Waals surface area contributed by atoms with Crippen LogP contribution in [0.2, 0.25) is 0 Å². The van der Waals surface area contributed by atoms with Crippen molar-refractivity contribution < 1.29 is 0 Å². The largest absolute Gasteiger partial charge is 0.311 e. The molecule has 0 saturated heterocycles. The van der Waals surface area contributed by atoms with Gasteiger partial charge >= 0.3 is 0 Å². The molecule has 6 aromatic rings. The highest BCUT2D eigenvalue weighted by molar-refractivity contribution is 6.71. The molecule has 0 spiro atoms. The van der Waals surface area contributed by atoms with Crippen LogP contribution in [0, 0.1) is 0 Å². The number of anilines is 3. The van der Waals surface area contributed by atoms with Gasteiger partial charge in [0.05, 0.1) is 0 Å². The molecule has 6 rings (SSSR count). The average Bonchev–Trinajstić information content (AvgIpc) is 3.15. The highest BCUT2D eigenvalue weighted by Gasteiger charge is 2.19. The molecule has 0 N–H and O–H groups in total. The monoisotopic (exact) mass is 623 g/mol. The van der Waals surface area contributed by atoms with Crippen molar-refractivity contribution in [1.29, 1.82) is 0 Å². The molecule has 0 unspecified atom stereocenters. The zero-order valence-corrected chi connectivity index (χ0v) is 28.0. The number of nitrogens with zero attached hydrogens (tertiary/aromatic N) is 1. The van der Waals surface area contributed by atoms with E-state index in [1.807, 2.05) is 77.7 Å². The molecule has 0 aliphatic carbocycles. The van der Waals surface area contributed by atoms with E-state index >= 15 is 0 Å². The molecule has 52 heavy (non-hydrogen) atoms. The lowest BCUT2D eigenvalue weighted by Gasteiger charge is -2.28. The Morgan fingerprint density at radius 3 is 0.538 bits per heavy atom.